The lowest BCUT2D eigenvalue weighted by Gasteiger charge is -2.07. The molecule has 0 amide bonds. The number of hydrogen-bond acceptors (Lipinski definition) is 4. The molecule has 0 saturated heterocycles. The third kappa shape index (κ3) is 27.9. The number of rotatable bonds is 24. The van der Waals surface area contributed by atoms with Crippen LogP contribution in [0.15, 0.2) is 0 Å². The Kier molecular flexibility index (Phi) is 22.5. The highest BCUT2D eigenvalue weighted by atomic mass is 32.3. The molecule has 0 aliphatic carbocycles. The maximum Gasteiger partial charge on any atom is 0.217 e. The van der Waals surface area contributed by atoms with E-state index in [2.05, 4.69) is 11.1 Å². The highest BCUT2D eigenvalue weighted by molar-refractivity contribution is 7.80. The number of hydrogen-bond donors (Lipinski definition) is 0. The van der Waals surface area contributed by atoms with Crippen molar-refractivity contribution in [3.8, 4) is 0 Å². The van der Waals surface area contributed by atoms with Gasteiger partial charge in [0.2, 0.25) is 10.4 Å². The van der Waals surface area contributed by atoms with Crippen molar-refractivity contribution in [3.05, 3.63) is 0 Å². The SMILES string of the molecule is CCCCCCCCCCCCCCCCCCCCCCCCOS(=O)(=O)[O-]. The van der Waals surface area contributed by atoms with Gasteiger partial charge in [-0.2, -0.15) is 0 Å². The minimum atomic E-state index is -4.50. The third-order valence-corrected chi connectivity index (χ3v) is 6.18. The maximum atomic E-state index is 10.3. The van der Waals surface area contributed by atoms with E-state index < -0.39 is 10.4 Å². The van der Waals surface area contributed by atoms with Gasteiger partial charge in [-0.1, -0.05) is 142 Å². The molecule has 176 valence electrons. The van der Waals surface area contributed by atoms with Crippen molar-refractivity contribution in [2.24, 2.45) is 0 Å². The first-order valence-electron chi connectivity index (χ1n) is 12.7. The second-order valence-corrected chi connectivity index (χ2v) is 9.71. The van der Waals surface area contributed by atoms with Gasteiger partial charge in [-0.25, -0.2) is 8.42 Å². The fraction of sp³-hybridized carbons (Fsp3) is 1.00. The van der Waals surface area contributed by atoms with Gasteiger partial charge >= 0.3 is 0 Å². The summed E-state index contributed by atoms with van der Waals surface area (Å²) in [7, 11) is -4.50. The summed E-state index contributed by atoms with van der Waals surface area (Å²) in [5.41, 5.74) is 0. The minimum absolute atomic E-state index is 0.0327. The summed E-state index contributed by atoms with van der Waals surface area (Å²) >= 11 is 0. The molecular weight excluding hydrogens is 384 g/mol. The van der Waals surface area contributed by atoms with E-state index in [0.717, 1.165) is 12.8 Å². The summed E-state index contributed by atoms with van der Waals surface area (Å²) in [4.78, 5) is 0. The molecule has 0 spiro atoms. The minimum Gasteiger partial charge on any atom is -0.726 e. The van der Waals surface area contributed by atoms with Gasteiger partial charge in [-0.3, -0.25) is 4.18 Å². The smallest absolute Gasteiger partial charge is 0.217 e. The molecule has 0 fully saturated rings. The molecule has 0 N–H and O–H groups in total. The fourth-order valence-corrected chi connectivity index (χ4v) is 4.19. The fourth-order valence-electron chi connectivity index (χ4n) is 3.87. The van der Waals surface area contributed by atoms with E-state index >= 15 is 0 Å². The first kappa shape index (κ1) is 28.9. The lowest BCUT2D eigenvalue weighted by Crippen LogP contribution is -2.05. The largest absolute Gasteiger partial charge is 0.726 e. The Labute approximate surface area is 182 Å². The monoisotopic (exact) mass is 433 g/mol. The predicted molar refractivity (Wildman–Crippen MR) is 123 cm³/mol. The lowest BCUT2D eigenvalue weighted by molar-refractivity contribution is 0.255. The molecule has 0 aliphatic heterocycles. The average Bonchev–Trinajstić information content (AvgIpc) is 2.67. The third-order valence-electron chi connectivity index (χ3n) is 5.73. The number of unbranched alkanes of at least 4 members (excludes halogenated alkanes) is 21. The Morgan fingerprint density at radius 1 is 0.483 bits per heavy atom. The van der Waals surface area contributed by atoms with E-state index in [4.69, 9.17) is 0 Å². The van der Waals surface area contributed by atoms with E-state index in [0.29, 0.717) is 6.42 Å². The van der Waals surface area contributed by atoms with Gasteiger partial charge in [0.25, 0.3) is 0 Å². The van der Waals surface area contributed by atoms with Crippen LogP contribution in [0.3, 0.4) is 0 Å². The van der Waals surface area contributed by atoms with Gasteiger partial charge < -0.3 is 4.55 Å². The van der Waals surface area contributed by atoms with Crippen molar-refractivity contribution in [3.63, 3.8) is 0 Å². The van der Waals surface area contributed by atoms with Gasteiger partial charge in [-0.05, 0) is 6.42 Å². The van der Waals surface area contributed by atoms with Crippen molar-refractivity contribution >= 4 is 10.4 Å². The Morgan fingerprint density at radius 3 is 0.966 bits per heavy atom. The zero-order valence-electron chi connectivity index (χ0n) is 19.3. The Hall–Kier alpha value is -0.130. The molecule has 5 heteroatoms. The van der Waals surface area contributed by atoms with E-state index in [1.54, 1.807) is 0 Å². The van der Waals surface area contributed by atoms with Gasteiger partial charge in [0.1, 0.15) is 0 Å². The molecule has 0 aromatic rings. The van der Waals surface area contributed by atoms with Crippen LogP contribution in [0.25, 0.3) is 0 Å². The normalized spacial score (nSPS) is 11.9. The van der Waals surface area contributed by atoms with Crippen LogP contribution >= 0.6 is 0 Å². The molecule has 0 heterocycles. The predicted octanol–water partition coefficient (Wildman–Crippen LogP) is 8.07. The molecule has 0 aliphatic rings. The highest BCUT2D eigenvalue weighted by Crippen LogP contribution is 2.15. The Bertz CT molecular complexity index is 409. The quantitative estimate of drug-likeness (QED) is 0.0876. The molecule has 0 bridgehead atoms. The van der Waals surface area contributed by atoms with Gasteiger partial charge in [0, 0.05) is 0 Å². The van der Waals surface area contributed by atoms with Gasteiger partial charge in [-0.15, -0.1) is 0 Å². The van der Waals surface area contributed by atoms with Crippen LogP contribution in [0.2, 0.25) is 0 Å². The van der Waals surface area contributed by atoms with Crippen LogP contribution in [0.5, 0.6) is 0 Å². The molecule has 0 radical (unpaired) electrons. The zero-order chi connectivity index (χ0) is 21.5. The molecule has 0 unspecified atom stereocenters. The molecule has 4 nitrogen and oxygen atoms in total. The van der Waals surface area contributed by atoms with Gasteiger partial charge in [0.05, 0.1) is 6.61 Å². The molecule has 0 rings (SSSR count). The lowest BCUT2D eigenvalue weighted by atomic mass is 10.0. The molecule has 0 aromatic carbocycles. The van der Waals surface area contributed by atoms with Crippen LogP contribution in [-0.4, -0.2) is 19.6 Å². The summed E-state index contributed by atoms with van der Waals surface area (Å²) in [6, 6.07) is 0. The van der Waals surface area contributed by atoms with Crippen molar-refractivity contribution < 1.29 is 17.2 Å². The average molecular weight is 434 g/mol. The molecule has 0 atom stereocenters. The van der Waals surface area contributed by atoms with Crippen LogP contribution < -0.4 is 0 Å². The molecular formula is C24H49O4S-. The van der Waals surface area contributed by atoms with Crippen molar-refractivity contribution in [2.45, 2.75) is 148 Å². The summed E-state index contributed by atoms with van der Waals surface area (Å²) < 4.78 is 35.0. The van der Waals surface area contributed by atoms with Crippen LogP contribution in [-0.2, 0) is 14.6 Å². The van der Waals surface area contributed by atoms with Crippen LogP contribution in [0.1, 0.15) is 148 Å². The highest BCUT2D eigenvalue weighted by Gasteiger charge is 1.97. The topological polar surface area (TPSA) is 66.4 Å². The second kappa shape index (κ2) is 22.6. The maximum absolute atomic E-state index is 10.3. The van der Waals surface area contributed by atoms with Crippen LogP contribution in [0, 0.1) is 0 Å². The Balaban J connectivity index is 3.03. The zero-order valence-corrected chi connectivity index (χ0v) is 20.1. The van der Waals surface area contributed by atoms with E-state index in [1.165, 1.54) is 122 Å². The summed E-state index contributed by atoms with van der Waals surface area (Å²) in [6.07, 6.45) is 29.1. The van der Waals surface area contributed by atoms with E-state index in [-0.39, 0.29) is 6.61 Å². The van der Waals surface area contributed by atoms with Crippen molar-refractivity contribution in [1.82, 2.24) is 0 Å². The summed E-state index contributed by atoms with van der Waals surface area (Å²) in [5, 5.41) is 0. The molecule has 0 aromatic heterocycles. The first-order chi connectivity index (χ1) is 14.1. The summed E-state index contributed by atoms with van der Waals surface area (Å²) in [6.45, 7) is 2.31. The second-order valence-electron chi connectivity index (χ2n) is 8.65. The van der Waals surface area contributed by atoms with Crippen molar-refractivity contribution in [2.75, 3.05) is 6.61 Å². The summed E-state index contributed by atoms with van der Waals surface area (Å²) in [5.74, 6) is 0. The van der Waals surface area contributed by atoms with E-state index in [9.17, 15) is 13.0 Å². The van der Waals surface area contributed by atoms with E-state index in [1.807, 2.05) is 0 Å². The molecule has 0 saturated carbocycles. The molecule has 29 heavy (non-hydrogen) atoms. The van der Waals surface area contributed by atoms with Crippen LogP contribution in [0.4, 0.5) is 0 Å². The first-order valence-corrected chi connectivity index (χ1v) is 14.0. The van der Waals surface area contributed by atoms with Crippen molar-refractivity contribution in [1.29, 1.82) is 0 Å². The Morgan fingerprint density at radius 2 is 0.724 bits per heavy atom. The standard InChI is InChI=1S/C24H50O4S/c1-2-3-4-5-6-7-8-9-10-11-12-13-14-15-16-17-18-19-20-21-22-23-24-28-29(25,26)27/h2-24H2,1H3,(H,25,26,27)/p-1. The van der Waals surface area contributed by atoms with Gasteiger partial charge in [0.15, 0.2) is 0 Å².